The summed E-state index contributed by atoms with van der Waals surface area (Å²) in [7, 11) is 0. The van der Waals surface area contributed by atoms with Crippen LogP contribution in [0.4, 0.5) is 0 Å². The molecule has 1 saturated carbocycles. The molecule has 154 valence electrons. The van der Waals surface area contributed by atoms with Gasteiger partial charge in [-0.05, 0) is 62.1 Å². The van der Waals surface area contributed by atoms with E-state index in [2.05, 4.69) is 16.1 Å². The molecule has 1 aromatic carbocycles. The number of rotatable bonds is 5. The molecule has 0 bridgehead atoms. The van der Waals surface area contributed by atoms with Crippen molar-refractivity contribution in [1.82, 2.24) is 14.8 Å². The van der Waals surface area contributed by atoms with Crippen LogP contribution >= 0.6 is 11.6 Å². The molecule has 1 aliphatic rings. The number of pyridine rings is 1. The lowest BCUT2D eigenvalue weighted by molar-refractivity contribution is -0.120. The predicted octanol–water partition coefficient (Wildman–Crippen LogP) is 5.19. The average molecular weight is 422 g/mol. The SMILES string of the molecule is Cc1cc(CC(=O)c2cnn(-c3ccc(Cl)cc3)c2C)cnc1C1CCC(=O)CC1. The van der Waals surface area contributed by atoms with Crippen LogP contribution in [0.25, 0.3) is 5.69 Å². The minimum Gasteiger partial charge on any atom is -0.300 e. The van der Waals surface area contributed by atoms with E-state index in [1.165, 1.54) is 0 Å². The number of nitrogens with zero attached hydrogens (tertiary/aromatic N) is 3. The molecule has 0 unspecified atom stereocenters. The topological polar surface area (TPSA) is 64.8 Å². The van der Waals surface area contributed by atoms with Crippen molar-refractivity contribution < 1.29 is 9.59 Å². The third-order valence-electron chi connectivity index (χ3n) is 5.85. The summed E-state index contributed by atoms with van der Waals surface area (Å²) < 4.78 is 1.75. The fourth-order valence-electron chi connectivity index (χ4n) is 4.19. The van der Waals surface area contributed by atoms with Gasteiger partial charge in [0.15, 0.2) is 5.78 Å². The van der Waals surface area contributed by atoms with Crippen molar-refractivity contribution in [3.05, 3.63) is 75.8 Å². The zero-order valence-electron chi connectivity index (χ0n) is 17.2. The summed E-state index contributed by atoms with van der Waals surface area (Å²) in [6, 6.07) is 9.41. The first kappa shape index (κ1) is 20.5. The number of hydrogen-bond acceptors (Lipinski definition) is 4. The fraction of sp³-hybridized carbons (Fsp3) is 0.333. The van der Waals surface area contributed by atoms with Gasteiger partial charge in [-0.2, -0.15) is 5.10 Å². The molecule has 0 atom stereocenters. The Hall–Kier alpha value is -2.79. The van der Waals surface area contributed by atoms with Crippen molar-refractivity contribution in [3.63, 3.8) is 0 Å². The summed E-state index contributed by atoms with van der Waals surface area (Å²) in [6.45, 7) is 3.93. The monoisotopic (exact) mass is 421 g/mol. The van der Waals surface area contributed by atoms with Crippen LogP contribution < -0.4 is 0 Å². The van der Waals surface area contributed by atoms with E-state index in [-0.39, 0.29) is 12.2 Å². The second kappa shape index (κ2) is 8.52. The Bertz CT molecular complexity index is 1090. The van der Waals surface area contributed by atoms with Crippen LogP contribution in [0.1, 0.15) is 64.5 Å². The van der Waals surface area contributed by atoms with Crippen LogP contribution in [0.3, 0.4) is 0 Å². The van der Waals surface area contributed by atoms with Gasteiger partial charge in [-0.1, -0.05) is 17.7 Å². The van der Waals surface area contributed by atoms with Crippen LogP contribution in [-0.4, -0.2) is 26.3 Å². The lowest BCUT2D eigenvalue weighted by Gasteiger charge is -2.22. The number of aromatic nitrogens is 3. The molecule has 5 nitrogen and oxygen atoms in total. The molecule has 1 fully saturated rings. The highest BCUT2D eigenvalue weighted by Crippen LogP contribution is 2.32. The molecule has 0 N–H and O–H groups in total. The zero-order chi connectivity index (χ0) is 21.3. The highest BCUT2D eigenvalue weighted by Gasteiger charge is 2.23. The minimum atomic E-state index is 0.0185. The summed E-state index contributed by atoms with van der Waals surface area (Å²) >= 11 is 5.96. The molecule has 3 aromatic rings. The van der Waals surface area contributed by atoms with Crippen molar-refractivity contribution in [3.8, 4) is 5.69 Å². The van der Waals surface area contributed by atoms with Crippen molar-refractivity contribution >= 4 is 23.2 Å². The van der Waals surface area contributed by atoms with Gasteiger partial charge in [0, 0.05) is 42.1 Å². The van der Waals surface area contributed by atoms with E-state index in [4.69, 9.17) is 11.6 Å². The Morgan fingerprint density at radius 3 is 2.50 bits per heavy atom. The van der Waals surface area contributed by atoms with E-state index in [0.717, 1.165) is 41.0 Å². The molecule has 6 heteroatoms. The number of carbonyl (C=O) groups excluding carboxylic acids is 2. The molecule has 4 rings (SSSR count). The molecule has 0 aliphatic heterocycles. The normalized spacial score (nSPS) is 14.8. The average Bonchev–Trinajstić information content (AvgIpc) is 3.11. The zero-order valence-corrected chi connectivity index (χ0v) is 17.9. The largest absolute Gasteiger partial charge is 0.300 e. The summed E-state index contributed by atoms with van der Waals surface area (Å²) in [4.78, 5) is 29.1. The van der Waals surface area contributed by atoms with Crippen LogP contribution in [0.2, 0.25) is 5.02 Å². The summed E-state index contributed by atoms with van der Waals surface area (Å²) in [5.41, 5.74) is 5.32. The number of hydrogen-bond donors (Lipinski definition) is 0. The lowest BCUT2D eigenvalue weighted by atomic mass is 9.84. The highest BCUT2D eigenvalue weighted by molar-refractivity contribution is 6.30. The Morgan fingerprint density at radius 1 is 1.13 bits per heavy atom. The fourth-order valence-corrected chi connectivity index (χ4v) is 4.31. The second-order valence-electron chi connectivity index (χ2n) is 7.99. The Kier molecular flexibility index (Phi) is 5.82. The number of aryl methyl sites for hydroxylation is 1. The molecule has 0 saturated heterocycles. The van der Waals surface area contributed by atoms with Crippen molar-refractivity contribution in [2.45, 2.75) is 51.9 Å². The number of halogens is 1. The van der Waals surface area contributed by atoms with Gasteiger partial charge < -0.3 is 0 Å². The molecular formula is C24H24ClN3O2. The van der Waals surface area contributed by atoms with Crippen LogP contribution in [-0.2, 0) is 11.2 Å². The van der Waals surface area contributed by atoms with Gasteiger partial charge in [0.25, 0.3) is 0 Å². The summed E-state index contributed by atoms with van der Waals surface area (Å²) in [5.74, 6) is 0.706. The first-order chi connectivity index (χ1) is 14.4. The van der Waals surface area contributed by atoms with E-state index in [9.17, 15) is 9.59 Å². The maximum atomic E-state index is 12.9. The lowest BCUT2D eigenvalue weighted by Crippen LogP contribution is -2.15. The number of ketones is 2. The van der Waals surface area contributed by atoms with E-state index in [0.29, 0.717) is 35.1 Å². The Labute approximate surface area is 181 Å². The number of Topliss-reactive ketones (excluding diaryl/α,β-unsaturated/α-hetero) is 2. The van der Waals surface area contributed by atoms with Gasteiger partial charge in [0.05, 0.1) is 23.1 Å². The standard InChI is InChI=1S/C24H24ClN3O2/c1-15-11-17(13-26-24(15)18-3-9-21(29)10-4-18)12-23(30)22-14-27-28(16(22)2)20-7-5-19(25)6-8-20/h5-8,11,13-14,18H,3-4,9-10,12H2,1-2H3. The first-order valence-corrected chi connectivity index (χ1v) is 10.6. The van der Waals surface area contributed by atoms with E-state index in [1.54, 1.807) is 29.2 Å². The van der Waals surface area contributed by atoms with Gasteiger partial charge in [0.2, 0.25) is 0 Å². The molecule has 0 radical (unpaired) electrons. The predicted molar refractivity (Wildman–Crippen MR) is 117 cm³/mol. The maximum Gasteiger partial charge on any atom is 0.170 e. The maximum absolute atomic E-state index is 12.9. The van der Waals surface area contributed by atoms with Gasteiger partial charge >= 0.3 is 0 Å². The van der Waals surface area contributed by atoms with E-state index < -0.39 is 0 Å². The first-order valence-electron chi connectivity index (χ1n) is 10.2. The Morgan fingerprint density at radius 2 is 1.83 bits per heavy atom. The van der Waals surface area contributed by atoms with Crippen LogP contribution in [0, 0.1) is 13.8 Å². The smallest absolute Gasteiger partial charge is 0.170 e. The van der Waals surface area contributed by atoms with Crippen molar-refractivity contribution in [1.29, 1.82) is 0 Å². The molecule has 2 aromatic heterocycles. The quantitative estimate of drug-likeness (QED) is 0.532. The van der Waals surface area contributed by atoms with Gasteiger partial charge in [-0.3, -0.25) is 14.6 Å². The van der Waals surface area contributed by atoms with Crippen molar-refractivity contribution in [2.24, 2.45) is 0 Å². The third-order valence-corrected chi connectivity index (χ3v) is 6.10. The van der Waals surface area contributed by atoms with Crippen LogP contribution in [0.15, 0.2) is 42.7 Å². The van der Waals surface area contributed by atoms with Gasteiger partial charge in [0.1, 0.15) is 5.78 Å². The molecule has 30 heavy (non-hydrogen) atoms. The highest BCUT2D eigenvalue weighted by atomic mass is 35.5. The van der Waals surface area contributed by atoms with E-state index in [1.807, 2.05) is 26.0 Å². The number of carbonyl (C=O) groups is 2. The second-order valence-corrected chi connectivity index (χ2v) is 8.43. The Balaban J connectivity index is 1.50. The van der Waals surface area contributed by atoms with Gasteiger partial charge in [-0.15, -0.1) is 0 Å². The van der Waals surface area contributed by atoms with Crippen LogP contribution in [0.5, 0.6) is 0 Å². The summed E-state index contributed by atoms with van der Waals surface area (Å²) in [5, 5.41) is 5.05. The molecule has 0 spiro atoms. The minimum absolute atomic E-state index is 0.0185. The third kappa shape index (κ3) is 4.21. The van der Waals surface area contributed by atoms with Crippen molar-refractivity contribution in [2.75, 3.05) is 0 Å². The molecule has 2 heterocycles. The van der Waals surface area contributed by atoms with E-state index >= 15 is 0 Å². The summed E-state index contributed by atoms with van der Waals surface area (Å²) in [6.07, 6.45) is 6.73. The molecular weight excluding hydrogens is 398 g/mol. The molecule has 0 amide bonds. The molecule has 1 aliphatic carbocycles. The van der Waals surface area contributed by atoms with Gasteiger partial charge in [-0.25, -0.2) is 4.68 Å². The number of benzene rings is 1.